The van der Waals surface area contributed by atoms with Crippen LogP contribution in [0.25, 0.3) is 11.5 Å². The Morgan fingerprint density at radius 1 is 0.968 bits per heavy atom. The Morgan fingerprint density at radius 2 is 1.65 bits per heavy atom. The molecule has 7 heteroatoms. The van der Waals surface area contributed by atoms with Gasteiger partial charge in [0.05, 0.1) is 0 Å². The largest absolute Gasteiger partial charge is 0.415 e. The number of hydrogen-bond donors (Lipinski definition) is 3. The Hall–Kier alpha value is -3.03. The number of amides is 1. The highest BCUT2D eigenvalue weighted by molar-refractivity contribution is 5.93. The number of hydrogen-bond acceptors (Lipinski definition) is 4. The van der Waals surface area contributed by atoms with Gasteiger partial charge in [0, 0.05) is 11.3 Å². The van der Waals surface area contributed by atoms with Crippen LogP contribution >= 0.6 is 0 Å². The van der Waals surface area contributed by atoms with Gasteiger partial charge >= 0.3 is 0 Å². The van der Waals surface area contributed by atoms with E-state index in [2.05, 4.69) is 34.6 Å². The minimum absolute atomic E-state index is 0.0792. The van der Waals surface area contributed by atoms with Gasteiger partial charge in [0.25, 0.3) is 11.8 Å². The summed E-state index contributed by atoms with van der Waals surface area (Å²) in [5.41, 5.74) is 5.27. The summed E-state index contributed by atoms with van der Waals surface area (Å²) in [4.78, 5) is 15.3. The van der Waals surface area contributed by atoms with Gasteiger partial charge in [-0.1, -0.05) is 35.9 Å². The molecule has 1 fully saturated rings. The van der Waals surface area contributed by atoms with E-state index in [0.29, 0.717) is 18.3 Å². The molecular weight excluding hydrogens is 390 g/mol. The topological polar surface area (TPSA) is 76.9 Å². The molecular formula is C24H31N5O2+2. The van der Waals surface area contributed by atoms with Crippen LogP contribution in [-0.4, -0.2) is 48.8 Å². The van der Waals surface area contributed by atoms with Gasteiger partial charge in [-0.05, 0) is 44.0 Å². The van der Waals surface area contributed by atoms with Crippen LogP contribution in [0.15, 0.2) is 46.9 Å². The van der Waals surface area contributed by atoms with E-state index >= 15 is 0 Å². The predicted octanol–water partition coefficient (Wildman–Crippen LogP) is 0.584. The lowest BCUT2D eigenvalue weighted by atomic mass is 10.1. The van der Waals surface area contributed by atoms with Gasteiger partial charge in [-0.3, -0.25) is 4.79 Å². The van der Waals surface area contributed by atoms with Crippen molar-refractivity contribution >= 4 is 11.6 Å². The lowest BCUT2D eigenvalue weighted by Gasteiger charge is -2.28. The van der Waals surface area contributed by atoms with Crippen LogP contribution in [0.4, 0.5) is 5.69 Å². The first-order valence-corrected chi connectivity index (χ1v) is 10.9. The quantitative estimate of drug-likeness (QED) is 0.544. The second-order valence-corrected chi connectivity index (χ2v) is 8.54. The second-order valence-electron chi connectivity index (χ2n) is 8.54. The Balaban J connectivity index is 1.26. The van der Waals surface area contributed by atoms with Crippen molar-refractivity contribution < 1.29 is 19.0 Å². The number of para-hydroxylation sites is 1. The Labute approximate surface area is 183 Å². The third-order valence-electron chi connectivity index (χ3n) is 5.95. The highest BCUT2D eigenvalue weighted by Crippen LogP contribution is 2.19. The number of aryl methyl sites for hydroxylation is 3. The van der Waals surface area contributed by atoms with E-state index in [1.54, 1.807) is 0 Å². The van der Waals surface area contributed by atoms with Crippen molar-refractivity contribution in [2.75, 3.05) is 38.0 Å². The summed E-state index contributed by atoms with van der Waals surface area (Å²) in [6.45, 7) is 11.2. The SMILES string of the molecule is Cc1cccc(-c2nnc(C[NH+]3CC[NH+](CC(=O)Nc4c(C)cccc4C)CC3)o2)c1. The zero-order valence-corrected chi connectivity index (χ0v) is 18.5. The number of nitrogens with zero attached hydrogens (tertiary/aromatic N) is 2. The first kappa shape index (κ1) is 21.2. The minimum atomic E-state index is 0.0792. The summed E-state index contributed by atoms with van der Waals surface area (Å²) in [6, 6.07) is 14.2. The summed E-state index contributed by atoms with van der Waals surface area (Å²) in [5.74, 6) is 1.32. The molecule has 0 spiro atoms. The van der Waals surface area contributed by atoms with E-state index < -0.39 is 0 Å². The summed E-state index contributed by atoms with van der Waals surface area (Å²) in [6.07, 6.45) is 0. The molecule has 162 valence electrons. The molecule has 1 amide bonds. The number of carbonyl (C=O) groups excluding carboxylic acids is 1. The fraction of sp³-hybridized carbons (Fsp3) is 0.375. The van der Waals surface area contributed by atoms with Crippen LogP contribution in [0.2, 0.25) is 0 Å². The van der Waals surface area contributed by atoms with Crippen LogP contribution in [-0.2, 0) is 11.3 Å². The van der Waals surface area contributed by atoms with Crippen LogP contribution in [0.5, 0.6) is 0 Å². The number of piperazine rings is 1. The summed E-state index contributed by atoms with van der Waals surface area (Å²) in [5, 5.41) is 11.6. The maximum Gasteiger partial charge on any atom is 0.279 e. The Kier molecular flexibility index (Phi) is 6.44. The third-order valence-corrected chi connectivity index (χ3v) is 5.95. The third kappa shape index (κ3) is 5.37. The van der Waals surface area contributed by atoms with Gasteiger partial charge < -0.3 is 19.5 Å². The molecule has 4 rings (SSSR count). The molecule has 0 aliphatic carbocycles. The molecule has 3 aromatic rings. The number of carbonyl (C=O) groups is 1. The average Bonchev–Trinajstić information content (AvgIpc) is 3.21. The van der Waals surface area contributed by atoms with E-state index in [1.807, 2.05) is 44.2 Å². The van der Waals surface area contributed by atoms with Crippen LogP contribution < -0.4 is 15.1 Å². The first-order chi connectivity index (χ1) is 15.0. The van der Waals surface area contributed by atoms with Crippen molar-refractivity contribution in [1.82, 2.24) is 10.2 Å². The van der Waals surface area contributed by atoms with Crippen molar-refractivity contribution in [3.63, 3.8) is 0 Å². The van der Waals surface area contributed by atoms with Gasteiger partial charge in [-0.15, -0.1) is 10.2 Å². The van der Waals surface area contributed by atoms with Gasteiger partial charge in [-0.25, -0.2) is 0 Å². The van der Waals surface area contributed by atoms with E-state index in [4.69, 9.17) is 4.42 Å². The molecule has 0 bridgehead atoms. The van der Waals surface area contributed by atoms with Crippen LogP contribution in [0.3, 0.4) is 0 Å². The van der Waals surface area contributed by atoms with Crippen molar-refractivity contribution in [1.29, 1.82) is 0 Å². The fourth-order valence-electron chi connectivity index (χ4n) is 4.17. The average molecular weight is 422 g/mol. The lowest BCUT2D eigenvalue weighted by molar-refractivity contribution is -1.02. The number of rotatable bonds is 6. The normalized spacial score (nSPS) is 18.7. The summed E-state index contributed by atoms with van der Waals surface area (Å²) in [7, 11) is 0. The Morgan fingerprint density at radius 3 is 2.35 bits per heavy atom. The van der Waals surface area contributed by atoms with E-state index in [0.717, 1.165) is 55.1 Å². The monoisotopic (exact) mass is 421 g/mol. The number of benzene rings is 2. The highest BCUT2D eigenvalue weighted by Gasteiger charge is 2.26. The molecule has 0 saturated carbocycles. The van der Waals surface area contributed by atoms with Crippen molar-refractivity contribution in [3.05, 3.63) is 65.0 Å². The van der Waals surface area contributed by atoms with Crippen molar-refractivity contribution in [2.24, 2.45) is 0 Å². The number of anilines is 1. The van der Waals surface area contributed by atoms with Gasteiger partial charge in [0.2, 0.25) is 5.89 Å². The molecule has 0 unspecified atom stereocenters. The first-order valence-electron chi connectivity index (χ1n) is 10.9. The Bertz CT molecular complexity index is 1030. The molecule has 3 N–H and O–H groups in total. The molecule has 1 saturated heterocycles. The van der Waals surface area contributed by atoms with Crippen molar-refractivity contribution in [3.8, 4) is 11.5 Å². The molecule has 1 aliphatic rings. The van der Waals surface area contributed by atoms with Gasteiger partial charge in [0.15, 0.2) is 13.1 Å². The van der Waals surface area contributed by atoms with Gasteiger partial charge in [-0.2, -0.15) is 0 Å². The number of quaternary nitrogens is 2. The molecule has 1 aromatic heterocycles. The zero-order chi connectivity index (χ0) is 21.8. The minimum Gasteiger partial charge on any atom is -0.415 e. The molecule has 0 radical (unpaired) electrons. The van der Waals surface area contributed by atoms with Crippen LogP contribution in [0, 0.1) is 20.8 Å². The van der Waals surface area contributed by atoms with Crippen molar-refractivity contribution in [2.45, 2.75) is 27.3 Å². The fourth-order valence-corrected chi connectivity index (χ4v) is 4.17. The second kappa shape index (κ2) is 9.41. The molecule has 1 aliphatic heterocycles. The smallest absolute Gasteiger partial charge is 0.279 e. The lowest BCUT2D eigenvalue weighted by Crippen LogP contribution is -3.28. The maximum atomic E-state index is 12.5. The number of aromatic nitrogens is 2. The zero-order valence-electron chi connectivity index (χ0n) is 18.5. The van der Waals surface area contributed by atoms with Crippen LogP contribution in [0.1, 0.15) is 22.6 Å². The van der Waals surface area contributed by atoms with E-state index in [-0.39, 0.29) is 5.91 Å². The maximum absolute atomic E-state index is 12.5. The predicted molar refractivity (Wildman–Crippen MR) is 119 cm³/mol. The van der Waals surface area contributed by atoms with E-state index in [1.165, 1.54) is 15.4 Å². The summed E-state index contributed by atoms with van der Waals surface area (Å²) >= 11 is 0. The molecule has 2 heterocycles. The summed E-state index contributed by atoms with van der Waals surface area (Å²) < 4.78 is 5.89. The standard InChI is InChI=1S/C24H29N5O2/c1-17-6-4-9-20(14-17)24-27-26-22(31-24)16-29-12-10-28(11-13-29)15-21(30)25-23-18(2)7-5-8-19(23)3/h4-9,14H,10-13,15-16H2,1-3H3,(H,25,30)/p+2. The highest BCUT2D eigenvalue weighted by atomic mass is 16.4. The number of nitrogens with one attached hydrogen (secondary N) is 3. The molecule has 2 aromatic carbocycles. The molecule has 31 heavy (non-hydrogen) atoms. The van der Waals surface area contributed by atoms with Gasteiger partial charge in [0.1, 0.15) is 26.2 Å². The molecule has 0 atom stereocenters. The molecule has 7 nitrogen and oxygen atoms in total. The van der Waals surface area contributed by atoms with E-state index in [9.17, 15) is 4.79 Å².